The van der Waals surface area contributed by atoms with Crippen LogP contribution in [0, 0.1) is 0 Å². The third-order valence-electron chi connectivity index (χ3n) is 5.60. The minimum atomic E-state index is -0.435. The predicted molar refractivity (Wildman–Crippen MR) is 121 cm³/mol. The van der Waals surface area contributed by atoms with Gasteiger partial charge in [-0.1, -0.05) is 0 Å². The molecule has 2 aromatic carbocycles. The van der Waals surface area contributed by atoms with Crippen LogP contribution >= 0.6 is 0 Å². The molecule has 1 aliphatic heterocycles. The molecule has 7 nitrogen and oxygen atoms in total. The second-order valence-electron chi connectivity index (χ2n) is 7.52. The Bertz CT molecular complexity index is 1060. The van der Waals surface area contributed by atoms with Crippen LogP contribution in [0.5, 0.6) is 17.2 Å². The highest BCUT2D eigenvalue weighted by atomic mass is 16.5. The molecule has 1 fully saturated rings. The Balaban J connectivity index is 1.23. The van der Waals surface area contributed by atoms with E-state index in [2.05, 4.69) is 21.9 Å². The van der Waals surface area contributed by atoms with E-state index in [9.17, 15) is 4.79 Å². The van der Waals surface area contributed by atoms with Crippen LogP contribution in [0.25, 0.3) is 11.0 Å². The van der Waals surface area contributed by atoms with Crippen LogP contribution in [0.3, 0.4) is 0 Å². The van der Waals surface area contributed by atoms with Gasteiger partial charge < -0.3 is 23.5 Å². The molecule has 1 saturated heterocycles. The zero-order valence-electron chi connectivity index (χ0n) is 18.0. The number of hydrogen-bond acceptors (Lipinski definition) is 7. The maximum absolute atomic E-state index is 11.7. The van der Waals surface area contributed by atoms with Crippen molar-refractivity contribution in [3.8, 4) is 17.2 Å². The summed E-state index contributed by atoms with van der Waals surface area (Å²) in [5.74, 6) is 2.08. The molecule has 0 unspecified atom stereocenters. The third kappa shape index (κ3) is 5.11. The molecule has 0 amide bonds. The molecule has 3 aromatic rings. The average molecular weight is 424 g/mol. The molecular weight excluding hydrogens is 396 g/mol. The number of hydrogen-bond donors (Lipinski definition) is 0. The Morgan fingerprint density at radius 2 is 1.65 bits per heavy atom. The molecule has 0 aliphatic carbocycles. The van der Waals surface area contributed by atoms with Crippen molar-refractivity contribution >= 4 is 16.7 Å². The van der Waals surface area contributed by atoms with Gasteiger partial charge in [0.25, 0.3) is 0 Å². The van der Waals surface area contributed by atoms with Crippen molar-refractivity contribution in [3.63, 3.8) is 0 Å². The molecule has 164 valence electrons. The van der Waals surface area contributed by atoms with Crippen LogP contribution < -0.4 is 24.7 Å². The topological polar surface area (TPSA) is 64.4 Å². The van der Waals surface area contributed by atoms with Gasteiger partial charge in [-0.2, -0.15) is 0 Å². The highest BCUT2D eigenvalue weighted by Crippen LogP contribution is 2.27. The number of fused-ring (bicyclic) bond motifs is 1. The van der Waals surface area contributed by atoms with E-state index in [4.69, 9.17) is 18.6 Å². The Kier molecular flexibility index (Phi) is 6.62. The van der Waals surface area contributed by atoms with E-state index in [1.54, 1.807) is 13.2 Å². The zero-order chi connectivity index (χ0) is 21.6. The monoisotopic (exact) mass is 424 g/mol. The Labute approximate surface area is 181 Å². The van der Waals surface area contributed by atoms with Crippen LogP contribution in [0.4, 0.5) is 5.69 Å². The second kappa shape index (κ2) is 9.75. The zero-order valence-corrected chi connectivity index (χ0v) is 18.0. The van der Waals surface area contributed by atoms with Gasteiger partial charge in [0.1, 0.15) is 22.8 Å². The van der Waals surface area contributed by atoms with Crippen molar-refractivity contribution in [2.45, 2.75) is 6.42 Å². The molecule has 0 atom stereocenters. The number of anilines is 1. The first-order valence-corrected chi connectivity index (χ1v) is 10.5. The van der Waals surface area contributed by atoms with Gasteiger partial charge in [-0.15, -0.1) is 0 Å². The Morgan fingerprint density at radius 3 is 2.35 bits per heavy atom. The van der Waals surface area contributed by atoms with Crippen molar-refractivity contribution in [1.29, 1.82) is 0 Å². The first kappa shape index (κ1) is 21.1. The molecule has 0 N–H and O–H groups in total. The third-order valence-corrected chi connectivity index (χ3v) is 5.60. The van der Waals surface area contributed by atoms with Crippen LogP contribution in [-0.4, -0.2) is 58.5 Å². The van der Waals surface area contributed by atoms with E-state index in [1.807, 2.05) is 24.3 Å². The van der Waals surface area contributed by atoms with Crippen LogP contribution in [-0.2, 0) is 0 Å². The summed E-state index contributed by atoms with van der Waals surface area (Å²) in [5.41, 5.74) is 1.27. The minimum absolute atomic E-state index is 0.435. The lowest BCUT2D eigenvalue weighted by Gasteiger charge is -2.36. The number of benzene rings is 2. The molecule has 7 heteroatoms. The van der Waals surface area contributed by atoms with Crippen molar-refractivity contribution in [2.24, 2.45) is 0 Å². The van der Waals surface area contributed by atoms with E-state index in [-0.39, 0.29) is 0 Å². The van der Waals surface area contributed by atoms with Gasteiger partial charge in [0.05, 0.1) is 32.3 Å². The van der Waals surface area contributed by atoms with Gasteiger partial charge in [-0.3, -0.25) is 4.90 Å². The van der Waals surface area contributed by atoms with Crippen LogP contribution in [0.15, 0.2) is 57.7 Å². The molecular formula is C24H28N2O5. The summed E-state index contributed by atoms with van der Waals surface area (Å²) >= 11 is 0. The lowest BCUT2D eigenvalue weighted by molar-refractivity contribution is 0.225. The van der Waals surface area contributed by atoms with Gasteiger partial charge >= 0.3 is 5.63 Å². The average Bonchev–Trinajstić information content (AvgIpc) is 2.81. The van der Waals surface area contributed by atoms with E-state index in [0.29, 0.717) is 23.7 Å². The number of nitrogens with zero attached hydrogens (tertiary/aromatic N) is 2. The Hall–Kier alpha value is -3.19. The molecule has 2 heterocycles. The first-order valence-electron chi connectivity index (χ1n) is 10.5. The van der Waals surface area contributed by atoms with Gasteiger partial charge in [-0.05, 0) is 42.8 Å². The summed E-state index contributed by atoms with van der Waals surface area (Å²) in [7, 11) is 3.22. The standard InChI is InChI=1S/C24H28N2O5/c1-28-19-6-4-18(5-7-19)26-13-11-25(12-14-26)10-3-15-30-20-8-9-21-22(29-2)17-24(27)31-23(21)16-20/h4-9,16-17H,3,10-15H2,1-2H3. The van der Waals surface area contributed by atoms with Crippen LogP contribution in [0.2, 0.25) is 0 Å². The second-order valence-corrected chi connectivity index (χ2v) is 7.52. The van der Waals surface area contributed by atoms with E-state index in [1.165, 1.54) is 18.9 Å². The molecule has 0 bridgehead atoms. The highest BCUT2D eigenvalue weighted by molar-refractivity contribution is 5.84. The lowest BCUT2D eigenvalue weighted by atomic mass is 10.2. The molecule has 0 saturated carbocycles. The Morgan fingerprint density at radius 1 is 0.903 bits per heavy atom. The fraction of sp³-hybridized carbons (Fsp3) is 0.375. The molecule has 31 heavy (non-hydrogen) atoms. The summed E-state index contributed by atoms with van der Waals surface area (Å²) in [4.78, 5) is 16.5. The summed E-state index contributed by atoms with van der Waals surface area (Å²) in [6.07, 6.45) is 0.933. The number of rotatable bonds is 8. The SMILES string of the molecule is COc1ccc(N2CCN(CCCOc3ccc4c(OC)cc(=O)oc4c3)CC2)cc1. The van der Waals surface area contributed by atoms with Crippen molar-refractivity contribution < 1.29 is 18.6 Å². The summed E-state index contributed by atoms with van der Waals surface area (Å²) in [5, 5.41) is 0.754. The fourth-order valence-corrected chi connectivity index (χ4v) is 3.87. The minimum Gasteiger partial charge on any atom is -0.497 e. The molecule has 1 aliphatic rings. The van der Waals surface area contributed by atoms with E-state index < -0.39 is 5.63 Å². The molecule has 1 aromatic heterocycles. The van der Waals surface area contributed by atoms with Crippen molar-refractivity contribution in [3.05, 3.63) is 59.0 Å². The maximum atomic E-state index is 11.7. The summed E-state index contributed by atoms with van der Waals surface area (Å²) in [6.45, 7) is 5.70. The van der Waals surface area contributed by atoms with E-state index >= 15 is 0 Å². The molecule has 4 rings (SSSR count). The largest absolute Gasteiger partial charge is 0.497 e. The quantitative estimate of drug-likeness (QED) is 0.406. The van der Waals surface area contributed by atoms with Crippen molar-refractivity contribution in [1.82, 2.24) is 4.90 Å². The lowest BCUT2D eigenvalue weighted by Crippen LogP contribution is -2.46. The van der Waals surface area contributed by atoms with Crippen LogP contribution in [0.1, 0.15) is 6.42 Å². The maximum Gasteiger partial charge on any atom is 0.339 e. The van der Waals surface area contributed by atoms with Gasteiger partial charge in [-0.25, -0.2) is 4.79 Å². The predicted octanol–water partition coefficient (Wildman–Crippen LogP) is 3.40. The molecule has 0 radical (unpaired) electrons. The van der Waals surface area contributed by atoms with Gasteiger partial charge in [0.2, 0.25) is 0 Å². The normalized spacial score (nSPS) is 14.6. The smallest absolute Gasteiger partial charge is 0.339 e. The number of piperazine rings is 1. The molecule has 0 spiro atoms. The first-order chi connectivity index (χ1) is 15.2. The van der Waals surface area contributed by atoms with Crippen molar-refractivity contribution in [2.75, 3.05) is 58.5 Å². The van der Waals surface area contributed by atoms with Gasteiger partial charge in [0.15, 0.2) is 0 Å². The summed E-state index contributed by atoms with van der Waals surface area (Å²) in [6, 6.07) is 15.1. The summed E-state index contributed by atoms with van der Waals surface area (Å²) < 4.78 is 21.6. The van der Waals surface area contributed by atoms with E-state index in [0.717, 1.165) is 50.3 Å². The highest BCUT2D eigenvalue weighted by Gasteiger charge is 2.17. The number of methoxy groups -OCH3 is 2. The fourth-order valence-electron chi connectivity index (χ4n) is 3.87. The van der Waals surface area contributed by atoms with Gasteiger partial charge in [0, 0.05) is 44.5 Å². The number of ether oxygens (including phenoxy) is 3.